The summed E-state index contributed by atoms with van der Waals surface area (Å²) in [4.78, 5) is 2.52. The van der Waals surface area contributed by atoms with Crippen molar-refractivity contribution in [2.24, 2.45) is 5.92 Å². The summed E-state index contributed by atoms with van der Waals surface area (Å²) in [5, 5.41) is 8.69. The molecule has 0 aliphatic carbocycles. The summed E-state index contributed by atoms with van der Waals surface area (Å²) in [5.74, 6) is 2.90. The van der Waals surface area contributed by atoms with Gasteiger partial charge < -0.3 is 9.47 Å². The second-order valence-corrected chi connectivity index (χ2v) is 9.20. The number of aromatic nitrogens is 3. The molecule has 0 saturated carbocycles. The molecule has 0 radical (unpaired) electrons. The first kappa shape index (κ1) is 16.9. The van der Waals surface area contributed by atoms with Gasteiger partial charge in [-0.15, -0.1) is 10.2 Å². The Morgan fingerprint density at radius 3 is 2.70 bits per heavy atom. The van der Waals surface area contributed by atoms with Gasteiger partial charge in [-0.3, -0.25) is 0 Å². The topological polar surface area (TPSA) is 71.3 Å². The summed E-state index contributed by atoms with van der Waals surface area (Å²) in [5.41, 5.74) is 0. The van der Waals surface area contributed by atoms with Crippen molar-refractivity contribution < 1.29 is 8.42 Å². The molecule has 130 valence electrons. The highest BCUT2D eigenvalue weighted by Crippen LogP contribution is 2.28. The zero-order chi connectivity index (χ0) is 16.6. The zero-order valence-corrected chi connectivity index (χ0v) is 15.1. The van der Waals surface area contributed by atoms with Crippen LogP contribution in [0.1, 0.15) is 44.3 Å². The predicted octanol–water partition coefficient (Wildman–Crippen LogP) is 0.889. The van der Waals surface area contributed by atoms with Crippen molar-refractivity contribution >= 4 is 10.0 Å². The van der Waals surface area contributed by atoms with Crippen LogP contribution in [0.15, 0.2) is 0 Å². The van der Waals surface area contributed by atoms with Crippen LogP contribution in [-0.4, -0.2) is 64.8 Å². The van der Waals surface area contributed by atoms with E-state index < -0.39 is 10.0 Å². The zero-order valence-electron chi connectivity index (χ0n) is 14.3. The number of hydrogen-bond acceptors (Lipinski definition) is 5. The van der Waals surface area contributed by atoms with Gasteiger partial charge in [0.1, 0.15) is 11.6 Å². The maximum absolute atomic E-state index is 11.7. The number of rotatable bonds is 4. The lowest BCUT2D eigenvalue weighted by Crippen LogP contribution is -2.40. The fraction of sp³-hybridized carbons (Fsp3) is 0.867. The first-order valence-corrected chi connectivity index (χ1v) is 10.3. The summed E-state index contributed by atoms with van der Waals surface area (Å²) in [7, 11) is -3.16. The third-order valence-electron chi connectivity index (χ3n) is 4.71. The lowest BCUT2D eigenvalue weighted by Gasteiger charge is -2.34. The average Bonchev–Trinajstić information content (AvgIpc) is 2.89. The van der Waals surface area contributed by atoms with Crippen LogP contribution in [0, 0.1) is 5.92 Å². The third kappa shape index (κ3) is 3.75. The molecule has 0 aromatic carbocycles. The van der Waals surface area contributed by atoms with Gasteiger partial charge in [0, 0.05) is 32.1 Å². The second-order valence-electron chi connectivity index (χ2n) is 7.22. The molecule has 0 spiro atoms. The predicted molar refractivity (Wildman–Crippen MR) is 88.5 cm³/mol. The Hall–Kier alpha value is -0.990. The van der Waals surface area contributed by atoms with Gasteiger partial charge in [0.2, 0.25) is 10.0 Å². The fourth-order valence-corrected chi connectivity index (χ4v) is 4.45. The number of hydrogen-bond donors (Lipinski definition) is 0. The molecule has 1 unspecified atom stereocenters. The smallest absolute Gasteiger partial charge is 0.211 e. The Balaban J connectivity index is 1.74. The summed E-state index contributed by atoms with van der Waals surface area (Å²) in [6.45, 7) is 9.34. The first-order valence-electron chi connectivity index (χ1n) is 8.44. The van der Waals surface area contributed by atoms with E-state index in [0.29, 0.717) is 31.5 Å². The van der Waals surface area contributed by atoms with Gasteiger partial charge in [-0.2, -0.15) is 4.31 Å². The molecule has 1 fully saturated rings. The van der Waals surface area contributed by atoms with Gasteiger partial charge >= 0.3 is 0 Å². The van der Waals surface area contributed by atoms with E-state index in [9.17, 15) is 8.42 Å². The van der Waals surface area contributed by atoms with E-state index in [1.807, 2.05) is 0 Å². The molecular formula is C15H27N5O2S. The van der Waals surface area contributed by atoms with Gasteiger partial charge in [-0.1, -0.05) is 13.8 Å². The van der Waals surface area contributed by atoms with E-state index in [-0.39, 0.29) is 0 Å². The Bertz CT molecular complexity index is 655. The standard InChI is InChI=1S/C15H27N5O2S/c1-12(2)9-18-6-4-5-13(10-18)15-17-16-14-11-19(23(3,21)22)7-8-20(14)15/h12-13H,4-11H2,1-3H3. The quantitative estimate of drug-likeness (QED) is 0.813. The first-order chi connectivity index (χ1) is 10.8. The van der Waals surface area contributed by atoms with Crippen molar-refractivity contribution in [3.05, 3.63) is 11.6 Å². The Labute approximate surface area is 138 Å². The maximum Gasteiger partial charge on any atom is 0.211 e. The number of fused-ring (bicyclic) bond motifs is 1. The largest absolute Gasteiger partial charge is 0.312 e. The van der Waals surface area contributed by atoms with Crippen LogP contribution >= 0.6 is 0 Å². The molecule has 23 heavy (non-hydrogen) atoms. The van der Waals surface area contributed by atoms with E-state index >= 15 is 0 Å². The second kappa shape index (κ2) is 6.49. The highest BCUT2D eigenvalue weighted by atomic mass is 32.2. The van der Waals surface area contributed by atoms with Crippen molar-refractivity contribution in [1.29, 1.82) is 0 Å². The molecule has 7 nitrogen and oxygen atoms in total. The van der Waals surface area contributed by atoms with Crippen molar-refractivity contribution in [3.8, 4) is 0 Å². The molecule has 0 amide bonds. The van der Waals surface area contributed by atoms with Crippen LogP contribution < -0.4 is 0 Å². The molecule has 2 aliphatic rings. The molecule has 1 aromatic heterocycles. The van der Waals surface area contributed by atoms with Gasteiger partial charge in [-0.05, 0) is 25.3 Å². The Kier molecular flexibility index (Phi) is 4.75. The summed E-state index contributed by atoms with van der Waals surface area (Å²) in [6.07, 6.45) is 3.59. The summed E-state index contributed by atoms with van der Waals surface area (Å²) >= 11 is 0. The monoisotopic (exact) mass is 341 g/mol. The third-order valence-corrected chi connectivity index (χ3v) is 5.96. The Morgan fingerprint density at radius 1 is 1.22 bits per heavy atom. The van der Waals surface area contributed by atoms with Crippen molar-refractivity contribution in [1.82, 2.24) is 24.0 Å². The molecule has 8 heteroatoms. The molecule has 0 bridgehead atoms. The minimum absolute atomic E-state index is 0.342. The highest BCUT2D eigenvalue weighted by Gasteiger charge is 2.31. The molecule has 2 aliphatic heterocycles. The van der Waals surface area contributed by atoms with E-state index in [1.165, 1.54) is 17.0 Å². The van der Waals surface area contributed by atoms with Gasteiger partial charge in [0.25, 0.3) is 0 Å². The SMILES string of the molecule is CC(C)CN1CCCC(c2nnc3n2CCN(S(C)(=O)=O)C3)C1. The van der Waals surface area contributed by atoms with Gasteiger partial charge in [-0.25, -0.2) is 8.42 Å². The molecular weight excluding hydrogens is 314 g/mol. The maximum atomic E-state index is 11.7. The molecule has 1 atom stereocenters. The highest BCUT2D eigenvalue weighted by molar-refractivity contribution is 7.88. The number of sulfonamides is 1. The average molecular weight is 341 g/mol. The van der Waals surface area contributed by atoms with E-state index in [0.717, 1.165) is 37.7 Å². The lowest BCUT2D eigenvalue weighted by molar-refractivity contribution is 0.182. The van der Waals surface area contributed by atoms with E-state index in [2.05, 4.69) is 33.5 Å². The summed E-state index contributed by atoms with van der Waals surface area (Å²) in [6, 6.07) is 0. The minimum atomic E-state index is -3.16. The van der Waals surface area contributed by atoms with Crippen LogP contribution in [0.2, 0.25) is 0 Å². The van der Waals surface area contributed by atoms with Crippen molar-refractivity contribution in [2.75, 3.05) is 32.4 Å². The minimum Gasteiger partial charge on any atom is -0.312 e. The van der Waals surface area contributed by atoms with Crippen LogP contribution in [0.4, 0.5) is 0 Å². The van der Waals surface area contributed by atoms with Crippen LogP contribution in [0.25, 0.3) is 0 Å². The fourth-order valence-electron chi connectivity index (χ4n) is 3.69. The normalized spacial score (nSPS) is 24.1. The van der Waals surface area contributed by atoms with Gasteiger partial charge in [0.15, 0.2) is 0 Å². The van der Waals surface area contributed by atoms with Crippen LogP contribution in [0.3, 0.4) is 0 Å². The lowest BCUT2D eigenvalue weighted by atomic mass is 9.96. The number of piperidine rings is 1. The molecule has 1 aromatic rings. The van der Waals surface area contributed by atoms with Crippen molar-refractivity contribution in [3.63, 3.8) is 0 Å². The van der Waals surface area contributed by atoms with Crippen LogP contribution in [0.5, 0.6) is 0 Å². The summed E-state index contributed by atoms with van der Waals surface area (Å²) < 4.78 is 27.0. The Morgan fingerprint density at radius 2 is 2.00 bits per heavy atom. The van der Waals surface area contributed by atoms with E-state index in [4.69, 9.17) is 0 Å². The van der Waals surface area contributed by atoms with Crippen LogP contribution in [-0.2, 0) is 23.1 Å². The molecule has 0 N–H and O–H groups in total. The van der Waals surface area contributed by atoms with E-state index in [1.54, 1.807) is 0 Å². The molecule has 3 heterocycles. The van der Waals surface area contributed by atoms with Gasteiger partial charge in [0.05, 0.1) is 12.8 Å². The number of likely N-dealkylation sites (tertiary alicyclic amines) is 1. The van der Waals surface area contributed by atoms with Crippen molar-refractivity contribution in [2.45, 2.75) is 45.7 Å². The molecule has 3 rings (SSSR count). The molecule has 1 saturated heterocycles. The number of nitrogens with zero attached hydrogens (tertiary/aromatic N) is 5.